The third kappa shape index (κ3) is 4.87. The first kappa shape index (κ1) is 19.4. The highest BCUT2D eigenvalue weighted by Gasteiger charge is 2.10. The smallest absolute Gasteiger partial charge is 0.244 e. The number of benzene rings is 2. The molecule has 1 N–H and O–H groups in total. The molecule has 0 saturated carbocycles. The van der Waals surface area contributed by atoms with Crippen LogP contribution in [0, 0.1) is 13.8 Å². The molecule has 0 atom stereocenters. The largest absolute Gasteiger partial charge is 0.318 e. The van der Waals surface area contributed by atoms with E-state index in [2.05, 4.69) is 43.2 Å². The van der Waals surface area contributed by atoms with Gasteiger partial charge in [0, 0.05) is 32.1 Å². The van der Waals surface area contributed by atoms with Crippen molar-refractivity contribution in [3.63, 3.8) is 0 Å². The number of nitrogens with zero attached hydrogens (tertiary/aromatic N) is 2. The van der Waals surface area contributed by atoms with Crippen LogP contribution in [-0.2, 0) is 11.2 Å². The third-order valence-electron chi connectivity index (χ3n) is 4.21. The van der Waals surface area contributed by atoms with Crippen LogP contribution in [0.25, 0.3) is 5.69 Å². The Morgan fingerprint density at radius 1 is 1.19 bits per heavy atom. The van der Waals surface area contributed by atoms with Gasteiger partial charge in [0.2, 0.25) is 5.91 Å². The summed E-state index contributed by atoms with van der Waals surface area (Å²) in [6.07, 6.45) is 1.93. The van der Waals surface area contributed by atoms with Crippen LogP contribution in [-0.4, -0.2) is 16.7 Å². The van der Waals surface area contributed by atoms with Crippen molar-refractivity contribution in [1.29, 1.82) is 0 Å². The molecule has 2 aromatic carbocycles. The zero-order valence-electron chi connectivity index (χ0n) is 15.0. The molecule has 0 bridgehead atoms. The molecule has 27 heavy (non-hydrogen) atoms. The molecule has 0 aliphatic rings. The van der Waals surface area contributed by atoms with Gasteiger partial charge in [-0.3, -0.25) is 4.79 Å². The lowest BCUT2D eigenvalue weighted by molar-refractivity contribution is -0.120. The summed E-state index contributed by atoms with van der Waals surface area (Å²) in [5.74, 6) is -0.172. The first-order valence-electron chi connectivity index (χ1n) is 8.45. The lowest BCUT2D eigenvalue weighted by atomic mass is 10.1. The number of rotatable bonds is 5. The summed E-state index contributed by atoms with van der Waals surface area (Å²) >= 11 is 9.36. The molecular weight excluding hydrogens is 426 g/mol. The van der Waals surface area contributed by atoms with Crippen LogP contribution in [0.5, 0.6) is 0 Å². The monoisotopic (exact) mass is 443 g/mol. The Labute approximate surface area is 172 Å². The zero-order chi connectivity index (χ0) is 19.4. The molecule has 0 radical (unpaired) electrons. The second-order valence-electron chi connectivity index (χ2n) is 6.24. The summed E-state index contributed by atoms with van der Waals surface area (Å²) in [5.41, 5.74) is 7.65. The number of hydrazone groups is 1. The van der Waals surface area contributed by atoms with Crippen molar-refractivity contribution < 1.29 is 4.79 Å². The van der Waals surface area contributed by atoms with Crippen LogP contribution >= 0.6 is 27.5 Å². The number of nitrogens with one attached hydrogen (secondary N) is 1. The van der Waals surface area contributed by atoms with Crippen LogP contribution in [0.2, 0.25) is 5.02 Å². The van der Waals surface area contributed by atoms with Gasteiger partial charge in [0.1, 0.15) is 0 Å². The van der Waals surface area contributed by atoms with Crippen LogP contribution in [0.15, 0.2) is 64.2 Å². The van der Waals surface area contributed by atoms with E-state index >= 15 is 0 Å². The highest BCUT2D eigenvalue weighted by atomic mass is 79.9. The summed E-state index contributed by atoms with van der Waals surface area (Å²) < 4.78 is 3.18. The molecule has 0 unspecified atom stereocenters. The van der Waals surface area contributed by atoms with Crippen molar-refractivity contribution in [2.45, 2.75) is 20.3 Å². The van der Waals surface area contributed by atoms with Crippen LogP contribution in [0.3, 0.4) is 0 Å². The zero-order valence-corrected chi connectivity index (χ0v) is 17.4. The standard InChI is InChI=1S/C21H19BrClN3O/c1-14-10-17(15(2)26(14)20-5-3-4-18(22)12-20)13-24-25-21(27)11-16-6-8-19(23)9-7-16/h3-10,12-13H,11H2,1-2H3,(H,25,27)/b24-13-. The predicted molar refractivity (Wildman–Crippen MR) is 114 cm³/mol. The number of aryl methyl sites for hydroxylation is 1. The fourth-order valence-corrected chi connectivity index (χ4v) is 3.44. The van der Waals surface area contributed by atoms with Crippen molar-refractivity contribution in [3.8, 4) is 5.69 Å². The minimum Gasteiger partial charge on any atom is -0.318 e. The van der Waals surface area contributed by atoms with Gasteiger partial charge in [-0.15, -0.1) is 0 Å². The maximum atomic E-state index is 12.0. The van der Waals surface area contributed by atoms with Crippen molar-refractivity contribution in [2.24, 2.45) is 5.10 Å². The number of halogens is 2. The fourth-order valence-electron chi connectivity index (χ4n) is 2.93. The van der Waals surface area contributed by atoms with E-state index in [-0.39, 0.29) is 12.3 Å². The molecule has 1 heterocycles. The SMILES string of the molecule is Cc1cc(/C=N\NC(=O)Cc2ccc(Cl)cc2)c(C)n1-c1cccc(Br)c1. The van der Waals surface area contributed by atoms with Gasteiger partial charge in [-0.1, -0.05) is 45.7 Å². The summed E-state index contributed by atoms with van der Waals surface area (Å²) in [6, 6.07) is 17.4. The number of hydrogen-bond donors (Lipinski definition) is 1. The lowest BCUT2D eigenvalue weighted by Crippen LogP contribution is -2.19. The maximum absolute atomic E-state index is 12.0. The van der Waals surface area contributed by atoms with Crippen LogP contribution < -0.4 is 5.43 Å². The minimum absolute atomic E-state index is 0.172. The number of aromatic nitrogens is 1. The van der Waals surface area contributed by atoms with Crippen molar-refractivity contribution in [3.05, 3.63) is 86.6 Å². The number of amides is 1. The topological polar surface area (TPSA) is 46.4 Å². The Morgan fingerprint density at radius 3 is 2.63 bits per heavy atom. The van der Waals surface area contributed by atoms with E-state index in [4.69, 9.17) is 11.6 Å². The average Bonchev–Trinajstić information content (AvgIpc) is 2.91. The molecule has 3 rings (SSSR count). The van der Waals surface area contributed by atoms with E-state index in [0.717, 1.165) is 32.7 Å². The van der Waals surface area contributed by atoms with Crippen LogP contribution in [0.1, 0.15) is 22.5 Å². The molecule has 4 nitrogen and oxygen atoms in total. The maximum Gasteiger partial charge on any atom is 0.244 e. The molecule has 6 heteroatoms. The van der Waals surface area contributed by atoms with E-state index in [1.165, 1.54) is 0 Å². The number of carbonyl (C=O) groups is 1. The van der Waals surface area contributed by atoms with Gasteiger partial charge >= 0.3 is 0 Å². The molecule has 0 aliphatic carbocycles. The minimum atomic E-state index is -0.172. The normalized spacial score (nSPS) is 11.1. The summed E-state index contributed by atoms with van der Waals surface area (Å²) in [4.78, 5) is 12.0. The molecule has 1 amide bonds. The first-order chi connectivity index (χ1) is 12.9. The Hall–Kier alpha value is -2.37. The van der Waals surface area contributed by atoms with Gasteiger partial charge < -0.3 is 4.57 Å². The molecule has 1 aromatic heterocycles. The van der Waals surface area contributed by atoms with Crippen LogP contribution in [0.4, 0.5) is 0 Å². The van der Waals surface area contributed by atoms with E-state index in [1.54, 1.807) is 18.3 Å². The van der Waals surface area contributed by atoms with Crippen molar-refractivity contribution in [1.82, 2.24) is 9.99 Å². The Bertz CT molecular complexity index is 993. The third-order valence-corrected chi connectivity index (χ3v) is 4.95. The van der Waals surface area contributed by atoms with Gasteiger partial charge in [-0.05, 0) is 55.8 Å². The molecule has 3 aromatic rings. The first-order valence-corrected chi connectivity index (χ1v) is 9.62. The van der Waals surface area contributed by atoms with Crippen molar-refractivity contribution >= 4 is 39.7 Å². The predicted octanol–water partition coefficient (Wildman–Crippen LogP) is 5.20. The molecule has 138 valence electrons. The molecule has 0 spiro atoms. The van der Waals surface area contributed by atoms with E-state index in [0.29, 0.717) is 5.02 Å². The molecule has 0 saturated heterocycles. The Balaban J connectivity index is 1.69. The Kier molecular flexibility index (Phi) is 6.14. The summed E-state index contributed by atoms with van der Waals surface area (Å²) in [5, 5.41) is 4.76. The van der Waals surface area contributed by atoms with Gasteiger partial charge in [0.25, 0.3) is 0 Å². The van der Waals surface area contributed by atoms with Gasteiger partial charge in [-0.2, -0.15) is 5.10 Å². The number of carbonyl (C=O) groups excluding carboxylic acids is 1. The fraction of sp³-hybridized carbons (Fsp3) is 0.143. The lowest BCUT2D eigenvalue weighted by Gasteiger charge is -2.09. The van der Waals surface area contributed by atoms with Gasteiger partial charge in [0.05, 0.1) is 12.6 Å². The quantitative estimate of drug-likeness (QED) is 0.426. The molecule has 0 fully saturated rings. The van der Waals surface area contributed by atoms with Gasteiger partial charge in [0.15, 0.2) is 0 Å². The highest BCUT2D eigenvalue weighted by Crippen LogP contribution is 2.22. The van der Waals surface area contributed by atoms with E-state index in [9.17, 15) is 4.79 Å². The molecular formula is C21H19BrClN3O. The second kappa shape index (κ2) is 8.55. The highest BCUT2D eigenvalue weighted by molar-refractivity contribution is 9.10. The number of hydrogen-bond acceptors (Lipinski definition) is 2. The second-order valence-corrected chi connectivity index (χ2v) is 7.59. The van der Waals surface area contributed by atoms with E-state index in [1.807, 2.05) is 44.2 Å². The van der Waals surface area contributed by atoms with Crippen molar-refractivity contribution in [2.75, 3.05) is 0 Å². The summed E-state index contributed by atoms with van der Waals surface area (Å²) in [6.45, 7) is 4.08. The average molecular weight is 445 g/mol. The Morgan fingerprint density at radius 2 is 1.93 bits per heavy atom. The van der Waals surface area contributed by atoms with Gasteiger partial charge in [-0.25, -0.2) is 5.43 Å². The van der Waals surface area contributed by atoms with E-state index < -0.39 is 0 Å². The molecule has 0 aliphatic heterocycles. The summed E-state index contributed by atoms with van der Waals surface area (Å²) in [7, 11) is 0.